The van der Waals surface area contributed by atoms with Crippen LogP contribution in [0.5, 0.6) is 28.7 Å². The van der Waals surface area contributed by atoms with Crippen LogP contribution in [0.4, 0.5) is 0 Å². The topological polar surface area (TPSA) is 127 Å². The van der Waals surface area contributed by atoms with Gasteiger partial charge in [-0.15, -0.1) is 0 Å². The molecule has 47 heavy (non-hydrogen) atoms. The molecule has 0 radical (unpaired) electrons. The molecule has 1 N–H and O–H groups in total. The molecule has 3 atom stereocenters. The van der Waals surface area contributed by atoms with Gasteiger partial charge in [0.1, 0.15) is 33.6 Å². The van der Waals surface area contributed by atoms with Crippen molar-refractivity contribution < 1.29 is 47.9 Å². The van der Waals surface area contributed by atoms with Gasteiger partial charge in [0.25, 0.3) is 0 Å². The molecule has 0 saturated carbocycles. The molecule has 1 aliphatic carbocycles. The minimum atomic E-state index is -2.00. The van der Waals surface area contributed by atoms with Gasteiger partial charge in [-0.05, 0) is 23.3 Å². The second-order valence-electron chi connectivity index (χ2n) is 11.8. The van der Waals surface area contributed by atoms with Gasteiger partial charge in [-0.1, -0.05) is 48.9 Å². The van der Waals surface area contributed by atoms with Crippen LogP contribution in [-0.2, 0) is 27.2 Å². The molecule has 0 fully saturated rings. The first-order valence-corrected chi connectivity index (χ1v) is 15.7. The average Bonchev–Trinajstić information content (AvgIpc) is 3.67. The Labute approximate surface area is 277 Å². The summed E-state index contributed by atoms with van der Waals surface area (Å²) in [7, 11) is 4.04. The molecule has 3 aromatic rings. The molecule has 3 aromatic carbocycles. The van der Waals surface area contributed by atoms with E-state index in [2.05, 4.69) is 6.07 Å². The second-order valence-corrected chi connectivity index (χ2v) is 12.1. The number of carbonyl (C=O) groups excluding carboxylic acids is 3. The number of aliphatic hydroxyl groups is 1. The normalized spacial score (nSPS) is 20.3. The monoisotopic (exact) mass is 662 g/mol. The molecule has 11 heteroatoms. The van der Waals surface area contributed by atoms with Crippen molar-refractivity contribution in [2.45, 2.75) is 44.1 Å². The number of esters is 1. The highest BCUT2D eigenvalue weighted by molar-refractivity contribution is 6.35. The number of carbonyl (C=O) groups is 3. The number of ketones is 2. The Hall–Kier alpha value is -4.70. The van der Waals surface area contributed by atoms with E-state index < -0.39 is 40.7 Å². The van der Waals surface area contributed by atoms with Gasteiger partial charge in [0.15, 0.2) is 17.3 Å². The number of hydrogen-bond donors (Lipinski definition) is 1. The van der Waals surface area contributed by atoms with Crippen molar-refractivity contribution in [2.24, 2.45) is 5.92 Å². The van der Waals surface area contributed by atoms with Crippen molar-refractivity contribution in [1.29, 1.82) is 0 Å². The van der Waals surface area contributed by atoms with Crippen LogP contribution in [0.2, 0.25) is 5.02 Å². The summed E-state index contributed by atoms with van der Waals surface area (Å²) in [5.74, 6) is -2.46. The van der Waals surface area contributed by atoms with E-state index in [1.807, 2.05) is 12.1 Å². The van der Waals surface area contributed by atoms with Gasteiger partial charge in [-0.2, -0.15) is 0 Å². The number of fused-ring (bicyclic) bond motifs is 2. The number of halogens is 1. The summed E-state index contributed by atoms with van der Waals surface area (Å²) in [6.45, 7) is 2.62. The summed E-state index contributed by atoms with van der Waals surface area (Å²) in [5.41, 5.74) is 0.601. The van der Waals surface area contributed by atoms with Crippen molar-refractivity contribution >= 4 is 29.1 Å². The zero-order chi connectivity index (χ0) is 33.5. The molecule has 0 bridgehead atoms. The van der Waals surface area contributed by atoms with Gasteiger partial charge in [0.05, 0.1) is 41.0 Å². The van der Waals surface area contributed by atoms with Crippen LogP contribution >= 0.6 is 11.6 Å². The molecule has 1 unspecified atom stereocenters. The van der Waals surface area contributed by atoms with Crippen LogP contribution in [0, 0.1) is 5.92 Å². The van der Waals surface area contributed by atoms with Gasteiger partial charge >= 0.3 is 5.97 Å². The highest BCUT2D eigenvalue weighted by atomic mass is 35.5. The zero-order valence-electron chi connectivity index (χ0n) is 26.5. The highest BCUT2D eigenvalue weighted by Crippen LogP contribution is 2.56. The van der Waals surface area contributed by atoms with Crippen molar-refractivity contribution in [1.82, 2.24) is 0 Å². The van der Waals surface area contributed by atoms with Gasteiger partial charge < -0.3 is 33.5 Å². The maximum absolute atomic E-state index is 14.3. The van der Waals surface area contributed by atoms with E-state index in [9.17, 15) is 19.5 Å². The number of rotatable bonds is 10. The first-order valence-electron chi connectivity index (χ1n) is 15.3. The predicted molar refractivity (Wildman–Crippen MR) is 171 cm³/mol. The zero-order valence-corrected chi connectivity index (χ0v) is 27.3. The molecule has 0 aromatic heterocycles. The van der Waals surface area contributed by atoms with Crippen LogP contribution in [-0.4, -0.2) is 62.8 Å². The third-order valence-electron chi connectivity index (χ3n) is 9.15. The van der Waals surface area contributed by atoms with E-state index in [0.717, 1.165) is 23.3 Å². The summed E-state index contributed by atoms with van der Waals surface area (Å²) >= 11 is 6.59. The van der Waals surface area contributed by atoms with Gasteiger partial charge in [-0.3, -0.25) is 14.4 Å². The lowest BCUT2D eigenvalue weighted by Gasteiger charge is -2.38. The minimum Gasteiger partial charge on any atom is -0.507 e. The number of Topliss-reactive ketones (excluding diaryl/α,β-unsaturated/α-hetero) is 2. The standard InChI is InChI=1S/C36H35ClO10/c1-19-15-24(38)30(34(40)36(19)35(41)31-27(42-2)18-28(43-3)32(37)33(31)47-36)23(17-29(39)44-4)22-7-5-6-8-26(22)46-13-11-20-9-10-25-21(16-20)12-14-45-25/h5-10,16,18-19,23,40H,11-15,17H2,1-4H3/t19-,23?,36+/m1/s1. The Morgan fingerprint density at radius 3 is 2.57 bits per heavy atom. The van der Waals surface area contributed by atoms with E-state index in [-0.39, 0.29) is 46.2 Å². The Morgan fingerprint density at radius 2 is 1.83 bits per heavy atom. The van der Waals surface area contributed by atoms with E-state index in [1.54, 1.807) is 31.2 Å². The molecule has 3 aliphatic rings. The highest BCUT2D eigenvalue weighted by Gasteiger charge is 2.61. The maximum Gasteiger partial charge on any atom is 0.306 e. The molecule has 2 aliphatic heterocycles. The van der Waals surface area contributed by atoms with Crippen LogP contribution in [0.1, 0.15) is 52.7 Å². The van der Waals surface area contributed by atoms with E-state index in [1.165, 1.54) is 27.4 Å². The Morgan fingerprint density at radius 1 is 1.06 bits per heavy atom. The number of para-hydroxylation sites is 1. The number of benzene rings is 3. The maximum atomic E-state index is 14.3. The fraction of sp³-hybridized carbons (Fsp3) is 0.361. The summed E-state index contributed by atoms with van der Waals surface area (Å²) < 4.78 is 34.0. The fourth-order valence-electron chi connectivity index (χ4n) is 6.73. The SMILES string of the molecule is COC(=O)CC(C1=C(O)[C@@]2(Oc3c(Cl)c(OC)cc(OC)c3C2=O)[C@H](C)CC1=O)c1ccccc1OCCc1ccc2c(c1)CCO2. The molecule has 1 spiro atoms. The Bertz CT molecular complexity index is 1800. The van der Waals surface area contributed by atoms with Gasteiger partial charge in [0, 0.05) is 48.3 Å². The van der Waals surface area contributed by atoms with E-state index >= 15 is 0 Å². The lowest BCUT2D eigenvalue weighted by Crippen LogP contribution is -2.53. The molecule has 10 nitrogen and oxygen atoms in total. The third kappa shape index (κ3) is 5.44. The quantitative estimate of drug-likeness (QED) is 0.259. The molecule has 246 valence electrons. The van der Waals surface area contributed by atoms with Crippen molar-refractivity contribution in [3.63, 3.8) is 0 Å². The summed E-state index contributed by atoms with van der Waals surface area (Å²) in [4.78, 5) is 41.0. The van der Waals surface area contributed by atoms with E-state index in [0.29, 0.717) is 30.9 Å². The molecular weight excluding hydrogens is 628 g/mol. The number of allylic oxidation sites excluding steroid dienone is 1. The lowest BCUT2D eigenvalue weighted by molar-refractivity contribution is -0.140. The van der Waals surface area contributed by atoms with E-state index in [4.69, 9.17) is 40.0 Å². The number of hydrogen-bond acceptors (Lipinski definition) is 10. The summed E-state index contributed by atoms with van der Waals surface area (Å²) in [5, 5.41) is 12.1. The fourth-order valence-corrected chi connectivity index (χ4v) is 6.99. The smallest absolute Gasteiger partial charge is 0.306 e. The number of methoxy groups -OCH3 is 3. The average molecular weight is 663 g/mol. The Kier molecular flexibility index (Phi) is 8.80. The lowest BCUT2D eigenvalue weighted by atomic mass is 9.69. The Balaban J connectivity index is 1.40. The van der Waals surface area contributed by atoms with Gasteiger partial charge in [0.2, 0.25) is 11.4 Å². The second kappa shape index (κ2) is 12.8. The van der Waals surface area contributed by atoms with Crippen LogP contribution in [0.25, 0.3) is 0 Å². The molecule has 0 amide bonds. The first-order chi connectivity index (χ1) is 22.6. The first kappa shape index (κ1) is 32.2. The third-order valence-corrected chi connectivity index (χ3v) is 9.51. The summed E-state index contributed by atoms with van der Waals surface area (Å²) in [6.07, 6.45) is 0.997. The van der Waals surface area contributed by atoms with Crippen molar-refractivity contribution in [3.05, 3.63) is 87.1 Å². The van der Waals surface area contributed by atoms with Crippen molar-refractivity contribution in [2.75, 3.05) is 34.5 Å². The van der Waals surface area contributed by atoms with Crippen LogP contribution in [0.3, 0.4) is 0 Å². The predicted octanol–water partition coefficient (Wildman–Crippen LogP) is 6.00. The van der Waals surface area contributed by atoms with Gasteiger partial charge in [-0.25, -0.2) is 0 Å². The van der Waals surface area contributed by atoms with Crippen molar-refractivity contribution in [3.8, 4) is 28.7 Å². The number of aliphatic hydroxyl groups excluding tert-OH is 1. The minimum absolute atomic E-state index is 0.0210. The molecule has 6 rings (SSSR count). The van der Waals surface area contributed by atoms with Crippen LogP contribution in [0.15, 0.2) is 59.9 Å². The molecule has 2 heterocycles. The van der Waals surface area contributed by atoms with Crippen LogP contribution < -0.4 is 23.7 Å². The molecular formula is C36H35ClO10. The molecule has 0 saturated heterocycles. The largest absolute Gasteiger partial charge is 0.507 e. The number of ether oxygens (including phenoxy) is 6. The summed E-state index contributed by atoms with van der Waals surface area (Å²) in [6, 6.07) is 14.5.